The normalized spacial score (nSPS) is 10.5. The van der Waals surface area contributed by atoms with E-state index in [0.29, 0.717) is 11.3 Å². The van der Waals surface area contributed by atoms with Gasteiger partial charge in [-0.3, -0.25) is 4.79 Å². The molecule has 21 heavy (non-hydrogen) atoms. The van der Waals surface area contributed by atoms with Crippen LogP contribution in [0.5, 0.6) is 5.75 Å². The zero-order valence-corrected chi connectivity index (χ0v) is 12.2. The molecule has 2 nitrogen and oxygen atoms in total. The molecule has 0 unspecified atom stereocenters. The van der Waals surface area contributed by atoms with Crippen molar-refractivity contribution in [2.45, 2.75) is 20.3 Å². The van der Waals surface area contributed by atoms with E-state index in [2.05, 4.69) is 0 Å². The van der Waals surface area contributed by atoms with Gasteiger partial charge >= 0.3 is 0 Å². The topological polar surface area (TPSA) is 26.3 Å². The summed E-state index contributed by atoms with van der Waals surface area (Å²) in [6.45, 7) is 3.59. The lowest BCUT2D eigenvalue weighted by atomic mass is 9.96. The van der Waals surface area contributed by atoms with Gasteiger partial charge in [0.1, 0.15) is 17.4 Å². The fourth-order valence-electron chi connectivity index (χ4n) is 2.27. The lowest BCUT2D eigenvalue weighted by Gasteiger charge is -2.11. The summed E-state index contributed by atoms with van der Waals surface area (Å²) in [5.74, 6) is -1.04. The molecule has 0 amide bonds. The van der Waals surface area contributed by atoms with Gasteiger partial charge in [0.2, 0.25) is 0 Å². The summed E-state index contributed by atoms with van der Waals surface area (Å²) >= 11 is 0. The van der Waals surface area contributed by atoms with Gasteiger partial charge in [0.25, 0.3) is 0 Å². The van der Waals surface area contributed by atoms with Gasteiger partial charge in [0.15, 0.2) is 5.78 Å². The van der Waals surface area contributed by atoms with Crippen molar-refractivity contribution in [2.75, 3.05) is 7.11 Å². The highest BCUT2D eigenvalue weighted by Gasteiger charge is 2.17. The molecule has 0 radical (unpaired) electrons. The van der Waals surface area contributed by atoms with Crippen LogP contribution in [0.1, 0.15) is 27.0 Å². The Morgan fingerprint density at radius 3 is 2.29 bits per heavy atom. The standard InChI is InChI=1S/C17H16F2O2/c1-10-8-17(21-3)11(2)7-12(10)16(20)9-13-14(18)5-4-6-15(13)19/h4-8H,9H2,1-3H3. The summed E-state index contributed by atoms with van der Waals surface area (Å²) in [7, 11) is 1.55. The number of methoxy groups -OCH3 is 1. The number of halogens is 2. The maximum absolute atomic E-state index is 13.6. The molecule has 0 N–H and O–H groups in total. The zero-order chi connectivity index (χ0) is 15.6. The summed E-state index contributed by atoms with van der Waals surface area (Å²) in [6.07, 6.45) is -0.300. The van der Waals surface area contributed by atoms with E-state index in [1.165, 1.54) is 6.07 Å². The van der Waals surface area contributed by atoms with Crippen molar-refractivity contribution in [1.82, 2.24) is 0 Å². The summed E-state index contributed by atoms with van der Waals surface area (Å²) < 4.78 is 32.4. The lowest BCUT2D eigenvalue weighted by molar-refractivity contribution is 0.0990. The number of hydrogen-bond acceptors (Lipinski definition) is 2. The van der Waals surface area contributed by atoms with Crippen LogP contribution in [0.25, 0.3) is 0 Å². The molecule has 0 aromatic heterocycles. The summed E-state index contributed by atoms with van der Waals surface area (Å²) in [5, 5.41) is 0. The second kappa shape index (κ2) is 6.04. The third-order valence-corrected chi connectivity index (χ3v) is 3.44. The minimum Gasteiger partial charge on any atom is -0.496 e. The van der Waals surface area contributed by atoms with E-state index in [9.17, 15) is 13.6 Å². The Kier molecular flexibility index (Phi) is 4.36. The predicted molar refractivity (Wildman–Crippen MR) is 76.9 cm³/mol. The third kappa shape index (κ3) is 3.10. The molecule has 0 aliphatic rings. The molecule has 0 aliphatic carbocycles. The molecule has 2 aromatic carbocycles. The molecule has 110 valence electrons. The highest BCUT2D eigenvalue weighted by atomic mass is 19.1. The van der Waals surface area contributed by atoms with Crippen molar-refractivity contribution in [3.05, 3.63) is 64.2 Å². The van der Waals surface area contributed by atoms with Gasteiger partial charge in [-0.25, -0.2) is 8.78 Å². The lowest BCUT2D eigenvalue weighted by Crippen LogP contribution is -2.09. The summed E-state index contributed by atoms with van der Waals surface area (Å²) in [6, 6.07) is 7.02. The molecule has 0 aliphatic heterocycles. The monoisotopic (exact) mass is 290 g/mol. The van der Waals surface area contributed by atoms with Crippen LogP contribution in [0.4, 0.5) is 8.78 Å². The first-order valence-electron chi connectivity index (χ1n) is 6.55. The molecule has 0 saturated carbocycles. The van der Waals surface area contributed by atoms with Crippen LogP contribution in [0.3, 0.4) is 0 Å². The number of hydrogen-bond donors (Lipinski definition) is 0. The second-order valence-electron chi connectivity index (χ2n) is 4.94. The predicted octanol–water partition coefficient (Wildman–Crippen LogP) is 4.02. The molecule has 0 heterocycles. The van der Waals surface area contributed by atoms with Crippen LogP contribution in [-0.4, -0.2) is 12.9 Å². The maximum atomic E-state index is 13.6. The number of Topliss-reactive ketones (excluding diaryl/α,β-unsaturated/α-hetero) is 1. The van der Waals surface area contributed by atoms with E-state index in [0.717, 1.165) is 23.3 Å². The third-order valence-electron chi connectivity index (χ3n) is 3.44. The van der Waals surface area contributed by atoms with Crippen molar-refractivity contribution in [3.63, 3.8) is 0 Å². The molecular formula is C17H16F2O2. The molecule has 0 spiro atoms. The van der Waals surface area contributed by atoms with Crippen LogP contribution in [0.2, 0.25) is 0 Å². The number of ether oxygens (including phenoxy) is 1. The number of rotatable bonds is 4. The van der Waals surface area contributed by atoms with Gasteiger partial charge in [0, 0.05) is 17.5 Å². The number of ketones is 1. The van der Waals surface area contributed by atoms with Crippen LogP contribution in [-0.2, 0) is 6.42 Å². The first-order valence-corrected chi connectivity index (χ1v) is 6.55. The van der Waals surface area contributed by atoms with E-state index in [1.807, 2.05) is 6.92 Å². The highest BCUT2D eigenvalue weighted by Crippen LogP contribution is 2.24. The number of aryl methyl sites for hydroxylation is 2. The minimum absolute atomic E-state index is 0.199. The van der Waals surface area contributed by atoms with Gasteiger partial charge in [0.05, 0.1) is 7.11 Å². The Hall–Kier alpha value is -2.23. The van der Waals surface area contributed by atoms with Gasteiger partial charge in [-0.1, -0.05) is 6.07 Å². The Bertz CT molecular complexity index is 673. The minimum atomic E-state index is -0.703. The quantitative estimate of drug-likeness (QED) is 0.795. The Labute approximate surface area is 122 Å². The Morgan fingerprint density at radius 2 is 1.71 bits per heavy atom. The number of carbonyl (C=O) groups is 1. The average Bonchev–Trinajstić information content (AvgIpc) is 2.44. The van der Waals surface area contributed by atoms with E-state index in [-0.39, 0.29) is 17.8 Å². The fraction of sp³-hybridized carbons (Fsp3) is 0.235. The van der Waals surface area contributed by atoms with Gasteiger partial charge in [-0.15, -0.1) is 0 Å². The van der Waals surface area contributed by atoms with Crippen LogP contribution in [0, 0.1) is 25.5 Å². The number of carbonyl (C=O) groups excluding carboxylic acids is 1. The largest absolute Gasteiger partial charge is 0.496 e. The second-order valence-corrected chi connectivity index (χ2v) is 4.94. The van der Waals surface area contributed by atoms with Crippen molar-refractivity contribution >= 4 is 5.78 Å². The van der Waals surface area contributed by atoms with E-state index in [4.69, 9.17) is 4.74 Å². The van der Waals surface area contributed by atoms with E-state index < -0.39 is 11.6 Å². The first-order chi connectivity index (χ1) is 9.93. The maximum Gasteiger partial charge on any atom is 0.167 e. The van der Waals surface area contributed by atoms with Gasteiger partial charge in [-0.2, -0.15) is 0 Å². The molecule has 2 rings (SSSR count). The first kappa shape index (κ1) is 15.2. The van der Waals surface area contributed by atoms with Crippen molar-refractivity contribution in [3.8, 4) is 5.75 Å². The Morgan fingerprint density at radius 1 is 1.10 bits per heavy atom. The number of benzene rings is 2. The molecule has 0 fully saturated rings. The van der Waals surface area contributed by atoms with Gasteiger partial charge in [-0.05, 0) is 49.2 Å². The van der Waals surface area contributed by atoms with E-state index >= 15 is 0 Å². The average molecular weight is 290 g/mol. The molecule has 2 aromatic rings. The smallest absolute Gasteiger partial charge is 0.167 e. The van der Waals surface area contributed by atoms with Crippen LogP contribution in [0.15, 0.2) is 30.3 Å². The molecule has 4 heteroatoms. The van der Waals surface area contributed by atoms with Crippen LogP contribution < -0.4 is 4.74 Å². The van der Waals surface area contributed by atoms with Gasteiger partial charge < -0.3 is 4.74 Å². The van der Waals surface area contributed by atoms with Crippen molar-refractivity contribution < 1.29 is 18.3 Å². The summed E-state index contributed by atoms with van der Waals surface area (Å²) in [5.41, 5.74) is 1.78. The molecule has 0 atom stereocenters. The van der Waals surface area contributed by atoms with Crippen LogP contribution >= 0.6 is 0 Å². The molecule has 0 bridgehead atoms. The SMILES string of the molecule is COc1cc(C)c(C(=O)Cc2c(F)cccc2F)cc1C. The summed E-state index contributed by atoms with van der Waals surface area (Å²) in [4.78, 5) is 12.3. The van der Waals surface area contributed by atoms with Crippen molar-refractivity contribution in [2.24, 2.45) is 0 Å². The Balaban J connectivity index is 2.35. The molecule has 0 saturated heterocycles. The zero-order valence-electron chi connectivity index (χ0n) is 12.2. The van der Waals surface area contributed by atoms with Crippen molar-refractivity contribution in [1.29, 1.82) is 0 Å². The molecular weight excluding hydrogens is 274 g/mol. The highest BCUT2D eigenvalue weighted by molar-refractivity contribution is 5.99. The van der Waals surface area contributed by atoms with E-state index in [1.54, 1.807) is 26.2 Å². The fourth-order valence-corrected chi connectivity index (χ4v) is 2.27.